The van der Waals surface area contributed by atoms with E-state index in [0.717, 1.165) is 6.29 Å². The van der Waals surface area contributed by atoms with Crippen LogP contribution in [0.3, 0.4) is 0 Å². The molecule has 1 N–H and O–H groups in total. The van der Waals surface area contributed by atoms with Crippen molar-refractivity contribution in [3.63, 3.8) is 0 Å². The summed E-state index contributed by atoms with van der Waals surface area (Å²) in [5.74, 6) is 0. The Bertz CT molecular complexity index is 314. The molecule has 0 aromatic rings. The van der Waals surface area contributed by atoms with Crippen molar-refractivity contribution < 1.29 is 19.4 Å². The third-order valence-electron chi connectivity index (χ3n) is 3.49. The zero-order chi connectivity index (χ0) is 14.5. The van der Waals surface area contributed by atoms with Crippen LogP contribution in [-0.2, 0) is 9.53 Å². The number of hydrogen-bond donors (Lipinski definition) is 1. The molecule has 1 saturated heterocycles. The van der Waals surface area contributed by atoms with Gasteiger partial charge in [-0.15, -0.1) is 0 Å². The Morgan fingerprint density at radius 3 is 2.37 bits per heavy atom. The smallest absolute Gasteiger partial charge is 0.410 e. The summed E-state index contributed by atoms with van der Waals surface area (Å²) in [5.41, 5.74) is -0.867. The van der Waals surface area contributed by atoms with Crippen LogP contribution in [0.2, 0.25) is 0 Å². The minimum absolute atomic E-state index is 0.103. The predicted octanol–water partition coefficient (Wildman–Crippen LogP) is 1.98. The molecule has 1 fully saturated rings. The zero-order valence-corrected chi connectivity index (χ0v) is 12.1. The molecule has 1 amide bonds. The highest BCUT2D eigenvalue weighted by atomic mass is 16.6. The van der Waals surface area contributed by atoms with Crippen molar-refractivity contribution in [2.75, 3.05) is 19.7 Å². The molecule has 0 radical (unpaired) electrons. The number of aldehydes is 1. The summed E-state index contributed by atoms with van der Waals surface area (Å²) in [5, 5.41) is 8.87. The van der Waals surface area contributed by atoms with Gasteiger partial charge in [0.15, 0.2) is 0 Å². The maximum Gasteiger partial charge on any atom is 0.410 e. The highest BCUT2D eigenvalue weighted by Gasteiger charge is 2.36. The van der Waals surface area contributed by atoms with Crippen LogP contribution in [0.4, 0.5) is 4.79 Å². The Kier molecular flexibility index (Phi) is 5.35. The molecule has 0 bridgehead atoms. The lowest BCUT2D eigenvalue weighted by Crippen LogP contribution is -2.45. The molecule has 1 aliphatic heterocycles. The van der Waals surface area contributed by atoms with E-state index in [1.54, 1.807) is 4.90 Å². The van der Waals surface area contributed by atoms with Crippen LogP contribution in [0.15, 0.2) is 0 Å². The van der Waals surface area contributed by atoms with Gasteiger partial charge in [-0.2, -0.15) is 0 Å². The van der Waals surface area contributed by atoms with Gasteiger partial charge in [0.2, 0.25) is 0 Å². The van der Waals surface area contributed by atoms with Crippen molar-refractivity contribution in [3.8, 4) is 0 Å². The van der Waals surface area contributed by atoms with Crippen molar-refractivity contribution in [2.24, 2.45) is 5.41 Å². The van der Waals surface area contributed by atoms with Gasteiger partial charge in [0.1, 0.15) is 11.9 Å². The van der Waals surface area contributed by atoms with Crippen molar-refractivity contribution in [1.82, 2.24) is 4.90 Å². The fraction of sp³-hybridized carbons (Fsp3) is 0.857. The quantitative estimate of drug-likeness (QED) is 0.794. The van der Waals surface area contributed by atoms with Crippen LogP contribution in [0, 0.1) is 5.41 Å². The van der Waals surface area contributed by atoms with E-state index < -0.39 is 5.60 Å². The lowest BCUT2D eigenvalue weighted by Gasteiger charge is -2.38. The van der Waals surface area contributed by atoms with E-state index in [1.807, 2.05) is 20.8 Å². The second kappa shape index (κ2) is 6.37. The summed E-state index contributed by atoms with van der Waals surface area (Å²) in [7, 11) is 0. The molecule has 0 aliphatic carbocycles. The monoisotopic (exact) mass is 271 g/mol. The van der Waals surface area contributed by atoms with E-state index in [9.17, 15) is 9.59 Å². The molecule has 5 heteroatoms. The maximum absolute atomic E-state index is 11.9. The number of nitrogens with zero attached hydrogens (tertiary/aromatic N) is 1. The number of hydrogen-bond acceptors (Lipinski definition) is 4. The number of aliphatic hydroxyl groups is 1. The highest BCUT2D eigenvalue weighted by molar-refractivity contribution is 5.69. The molecular formula is C14H25NO4. The van der Waals surface area contributed by atoms with Crippen LogP contribution in [0.1, 0.15) is 46.5 Å². The highest BCUT2D eigenvalue weighted by Crippen LogP contribution is 2.34. The first kappa shape index (κ1) is 16.0. The topological polar surface area (TPSA) is 66.8 Å². The van der Waals surface area contributed by atoms with E-state index in [4.69, 9.17) is 9.84 Å². The SMILES string of the molecule is CC(C)(C)OC(=O)N1CCC(C=O)(CCCO)CC1. The molecule has 110 valence electrons. The predicted molar refractivity (Wildman–Crippen MR) is 71.9 cm³/mol. The van der Waals surface area contributed by atoms with Crippen LogP contribution >= 0.6 is 0 Å². The third kappa shape index (κ3) is 4.82. The number of carbonyl (C=O) groups excluding carboxylic acids is 2. The number of rotatable bonds is 4. The van der Waals surface area contributed by atoms with E-state index >= 15 is 0 Å². The number of ether oxygens (including phenoxy) is 1. The number of aliphatic hydroxyl groups excluding tert-OH is 1. The standard InChI is InChI=1S/C14H25NO4/c1-13(2,3)19-12(18)15-8-6-14(11-17,7-9-15)5-4-10-16/h11,16H,4-10H2,1-3H3. The fourth-order valence-corrected chi connectivity index (χ4v) is 2.32. The molecule has 1 heterocycles. The van der Waals surface area contributed by atoms with Crippen LogP contribution in [-0.4, -0.2) is 47.7 Å². The summed E-state index contributed by atoms with van der Waals surface area (Å²) in [6.07, 6.45) is 3.30. The van der Waals surface area contributed by atoms with E-state index in [1.165, 1.54) is 0 Å². The second-order valence-electron chi connectivity index (χ2n) is 6.27. The first-order valence-electron chi connectivity index (χ1n) is 6.87. The van der Waals surface area contributed by atoms with Crippen molar-refractivity contribution >= 4 is 12.4 Å². The average molecular weight is 271 g/mol. The fourth-order valence-electron chi connectivity index (χ4n) is 2.32. The summed E-state index contributed by atoms with van der Waals surface area (Å²) in [4.78, 5) is 24.8. The largest absolute Gasteiger partial charge is 0.444 e. The Morgan fingerprint density at radius 1 is 1.37 bits per heavy atom. The summed E-state index contributed by atoms with van der Waals surface area (Å²) >= 11 is 0. The van der Waals surface area contributed by atoms with Crippen molar-refractivity contribution in [1.29, 1.82) is 0 Å². The molecule has 1 aliphatic rings. The Hall–Kier alpha value is -1.10. The molecule has 0 saturated carbocycles. The van der Waals surface area contributed by atoms with Gasteiger partial charge in [-0.05, 0) is 46.5 Å². The molecule has 1 rings (SSSR count). The number of carbonyl (C=O) groups is 2. The first-order valence-corrected chi connectivity index (χ1v) is 6.87. The van der Waals surface area contributed by atoms with E-state index in [0.29, 0.717) is 38.8 Å². The average Bonchev–Trinajstić information content (AvgIpc) is 2.35. The Balaban J connectivity index is 2.51. The van der Waals surface area contributed by atoms with E-state index in [2.05, 4.69) is 0 Å². The van der Waals surface area contributed by atoms with Gasteiger partial charge in [0.05, 0.1) is 0 Å². The third-order valence-corrected chi connectivity index (χ3v) is 3.49. The van der Waals surface area contributed by atoms with Gasteiger partial charge >= 0.3 is 6.09 Å². The molecule has 0 spiro atoms. The lowest BCUT2D eigenvalue weighted by molar-refractivity contribution is -0.119. The first-order chi connectivity index (χ1) is 8.82. The molecule has 0 unspecified atom stereocenters. The summed E-state index contributed by atoms with van der Waals surface area (Å²) < 4.78 is 5.32. The zero-order valence-electron chi connectivity index (χ0n) is 12.1. The Morgan fingerprint density at radius 2 is 1.95 bits per heavy atom. The molecule has 0 atom stereocenters. The van der Waals surface area contributed by atoms with E-state index in [-0.39, 0.29) is 18.1 Å². The number of likely N-dealkylation sites (tertiary alicyclic amines) is 1. The van der Waals surface area contributed by atoms with Gasteiger partial charge in [-0.1, -0.05) is 0 Å². The van der Waals surface area contributed by atoms with Gasteiger partial charge in [-0.25, -0.2) is 4.79 Å². The van der Waals surface area contributed by atoms with Gasteiger partial charge in [0, 0.05) is 25.1 Å². The normalized spacial score (nSPS) is 19.1. The second-order valence-corrected chi connectivity index (χ2v) is 6.27. The molecule has 0 aromatic carbocycles. The molecule has 0 aromatic heterocycles. The maximum atomic E-state index is 11.9. The van der Waals surface area contributed by atoms with Crippen molar-refractivity contribution in [3.05, 3.63) is 0 Å². The minimum Gasteiger partial charge on any atom is -0.444 e. The van der Waals surface area contributed by atoms with Crippen LogP contribution in [0.5, 0.6) is 0 Å². The van der Waals surface area contributed by atoms with Gasteiger partial charge < -0.3 is 19.5 Å². The summed E-state index contributed by atoms with van der Waals surface area (Å²) in [6, 6.07) is 0. The number of piperidine rings is 1. The minimum atomic E-state index is -0.493. The summed E-state index contributed by atoms with van der Waals surface area (Å²) in [6.45, 7) is 6.70. The van der Waals surface area contributed by atoms with Crippen LogP contribution < -0.4 is 0 Å². The van der Waals surface area contributed by atoms with Gasteiger partial charge in [0.25, 0.3) is 0 Å². The molecule has 5 nitrogen and oxygen atoms in total. The lowest BCUT2D eigenvalue weighted by atomic mass is 9.76. The number of amides is 1. The Labute approximate surface area is 114 Å². The molecular weight excluding hydrogens is 246 g/mol. The molecule has 19 heavy (non-hydrogen) atoms. The van der Waals surface area contributed by atoms with Gasteiger partial charge in [-0.3, -0.25) is 0 Å². The van der Waals surface area contributed by atoms with Crippen LogP contribution in [0.25, 0.3) is 0 Å². The van der Waals surface area contributed by atoms with Crippen molar-refractivity contribution in [2.45, 2.75) is 52.1 Å².